The van der Waals surface area contributed by atoms with Gasteiger partial charge in [-0.1, -0.05) is 177 Å². The molecule has 3 unspecified atom stereocenters. The number of ether oxygens (including phenoxy) is 2. The molecule has 11 heteroatoms. The minimum Gasteiger partial charge on any atom is -0.457 e. The molecule has 0 aromatic carbocycles. The molecule has 0 aromatic rings. The Balaban J connectivity index is 3.96. The predicted molar refractivity (Wildman–Crippen MR) is 237 cm³/mol. The molecular formula is C47H83O10P. The number of phosphoric acid groups is 1. The van der Waals surface area contributed by atoms with Gasteiger partial charge in [-0.25, -0.2) is 4.57 Å². The van der Waals surface area contributed by atoms with E-state index in [1.807, 2.05) is 0 Å². The summed E-state index contributed by atoms with van der Waals surface area (Å²) in [7, 11) is -4.65. The Hall–Kier alpha value is -2.33. The van der Waals surface area contributed by atoms with E-state index >= 15 is 0 Å². The molecular weight excluding hydrogens is 755 g/mol. The molecule has 0 aromatic heterocycles. The van der Waals surface area contributed by atoms with Crippen molar-refractivity contribution in [1.29, 1.82) is 0 Å². The van der Waals surface area contributed by atoms with Crippen molar-refractivity contribution in [3.8, 4) is 0 Å². The molecule has 0 radical (unpaired) electrons. The van der Waals surface area contributed by atoms with Crippen molar-refractivity contribution in [3.05, 3.63) is 60.8 Å². The van der Waals surface area contributed by atoms with Gasteiger partial charge >= 0.3 is 19.8 Å². The van der Waals surface area contributed by atoms with E-state index in [0.717, 1.165) is 70.6 Å². The lowest BCUT2D eigenvalue weighted by atomic mass is 10.0. The first-order valence-electron chi connectivity index (χ1n) is 22.7. The van der Waals surface area contributed by atoms with Gasteiger partial charge in [-0.2, -0.15) is 0 Å². The van der Waals surface area contributed by atoms with Crippen LogP contribution in [0.1, 0.15) is 187 Å². The first kappa shape index (κ1) is 55.7. The van der Waals surface area contributed by atoms with Crippen LogP contribution in [0.5, 0.6) is 0 Å². The number of rotatable bonds is 42. The Morgan fingerprint density at radius 1 is 0.483 bits per heavy atom. The van der Waals surface area contributed by atoms with Crippen LogP contribution in [-0.4, -0.2) is 65.7 Å². The van der Waals surface area contributed by atoms with Crippen LogP contribution >= 0.6 is 7.82 Å². The molecule has 58 heavy (non-hydrogen) atoms. The molecule has 0 spiro atoms. The maximum absolute atomic E-state index is 12.4. The molecule has 3 N–H and O–H groups in total. The number of phosphoric ester groups is 1. The second-order valence-corrected chi connectivity index (χ2v) is 16.5. The number of allylic oxidation sites excluding steroid dienone is 10. The van der Waals surface area contributed by atoms with Gasteiger partial charge in [0.15, 0.2) is 0 Å². The third-order valence-corrected chi connectivity index (χ3v) is 10.4. The fraction of sp³-hybridized carbons (Fsp3) is 0.745. The Morgan fingerprint density at radius 3 is 1.17 bits per heavy atom. The van der Waals surface area contributed by atoms with E-state index in [0.29, 0.717) is 12.8 Å². The third-order valence-electron chi connectivity index (χ3n) is 9.49. The molecule has 0 aliphatic carbocycles. The van der Waals surface area contributed by atoms with Gasteiger partial charge in [0.05, 0.1) is 26.4 Å². The van der Waals surface area contributed by atoms with Gasteiger partial charge in [0, 0.05) is 12.8 Å². The van der Waals surface area contributed by atoms with Crippen LogP contribution in [0, 0.1) is 0 Å². The van der Waals surface area contributed by atoms with Gasteiger partial charge in [0.2, 0.25) is 0 Å². The average molecular weight is 839 g/mol. The zero-order chi connectivity index (χ0) is 42.6. The Morgan fingerprint density at radius 2 is 0.810 bits per heavy atom. The maximum atomic E-state index is 12.4. The van der Waals surface area contributed by atoms with Crippen LogP contribution in [0.4, 0.5) is 0 Å². The largest absolute Gasteiger partial charge is 0.472 e. The fourth-order valence-electron chi connectivity index (χ4n) is 6.02. The summed E-state index contributed by atoms with van der Waals surface area (Å²) in [6, 6.07) is 0. The van der Waals surface area contributed by atoms with Crippen LogP contribution in [0.3, 0.4) is 0 Å². The lowest BCUT2D eigenvalue weighted by molar-refractivity contribution is -0.153. The lowest BCUT2D eigenvalue weighted by Crippen LogP contribution is -2.28. The van der Waals surface area contributed by atoms with E-state index in [4.69, 9.17) is 18.5 Å². The lowest BCUT2D eigenvalue weighted by Gasteiger charge is -2.20. The van der Waals surface area contributed by atoms with Gasteiger partial charge in [0.1, 0.15) is 12.2 Å². The van der Waals surface area contributed by atoms with Crippen LogP contribution in [0.15, 0.2) is 60.8 Å². The topological polar surface area (TPSA) is 149 Å². The Kier molecular flexibility index (Phi) is 41.1. The standard InChI is InChI=1S/C47H83O10P/c1-3-5-7-9-11-13-15-17-19-21-22-23-25-27-29-31-33-35-37-39-47(51)57-45(41-49)43-55-58(52,53)54-42-44(40-48)56-46(50)38-36-34-32-30-28-26-24-20-18-16-14-12-10-8-6-4-2/h5,7,11,13,17,19,22-23,27,29,44-45,48-49H,3-4,6,8-10,12,14-16,18,20-21,24-26,28,30-43H2,1-2H3,(H,52,53)/b7-5-,13-11-,19-17-,23-22-,29-27-. The van der Waals surface area contributed by atoms with Crippen LogP contribution in [0.2, 0.25) is 0 Å². The number of carbonyl (C=O) groups excluding carboxylic acids is 2. The summed E-state index contributed by atoms with van der Waals surface area (Å²) >= 11 is 0. The van der Waals surface area contributed by atoms with Crippen LogP contribution in [0.25, 0.3) is 0 Å². The smallest absolute Gasteiger partial charge is 0.457 e. The molecule has 3 atom stereocenters. The minimum atomic E-state index is -4.65. The highest BCUT2D eigenvalue weighted by Gasteiger charge is 2.27. The van der Waals surface area contributed by atoms with E-state index in [1.165, 1.54) is 77.0 Å². The molecule has 0 bridgehead atoms. The molecule has 0 saturated carbocycles. The van der Waals surface area contributed by atoms with Gasteiger partial charge in [-0.3, -0.25) is 18.6 Å². The summed E-state index contributed by atoms with van der Waals surface area (Å²) < 4.78 is 32.6. The SMILES string of the molecule is CC/C=C\C/C=C\C/C=C\C/C=C\C/C=C\CCCCCC(=O)OC(CO)COP(=O)(O)OCC(CO)OC(=O)CCCCCCCCCCCCCCCCCC. The first-order chi connectivity index (χ1) is 28.3. The van der Waals surface area contributed by atoms with Crippen molar-refractivity contribution in [2.75, 3.05) is 26.4 Å². The monoisotopic (exact) mass is 839 g/mol. The Labute approximate surface area is 353 Å². The first-order valence-corrected chi connectivity index (χ1v) is 24.2. The van der Waals surface area contributed by atoms with E-state index in [-0.39, 0.29) is 12.8 Å². The summed E-state index contributed by atoms with van der Waals surface area (Å²) in [4.78, 5) is 34.6. The van der Waals surface area contributed by atoms with E-state index in [1.54, 1.807) is 0 Å². The molecule has 0 amide bonds. The third kappa shape index (κ3) is 40.4. The summed E-state index contributed by atoms with van der Waals surface area (Å²) in [5.74, 6) is -1.05. The van der Waals surface area contributed by atoms with Gasteiger partial charge in [0.25, 0.3) is 0 Å². The van der Waals surface area contributed by atoms with Gasteiger partial charge in [-0.05, 0) is 57.8 Å². The molecule has 336 valence electrons. The predicted octanol–water partition coefficient (Wildman–Crippen LogP) is 12.3. The number of hydrogen-bond acceptors (Lipinski definition) is 9. The number of unbranched alkanes of at least 4 members (excludes halogenated alkanes) is 18. The normalized spacial score (nSPS) is 14.4. The fourth-order valence-corrected chi connectivity index (χ4v) is 6.81. The summed E-state index contributed by atoms with van der Waals surface area (Å²) in [5.41, 5.74) is 0. The highest BCUT2D eigenvalue weighted by Crippen LogP contribution is 2.43. The van der Waals surface area contributed by atoms with Gasteiger partial charge < -0.3 is 24.6 Å². The van der Waals surface area contributed by atoms with Crippen molar-refractivity contribution in [2.45, 2.75) is 199 Å². The van der Waals surface area contributed by atoms with Crippen LogP contribution in [-0.2, 0) is 32.7 Å². The number of aliphatic hydroxyl groups excluding tert-OH is 2. The van der Waals surface area contributed by atoms with Crippen molar-refractivity contribution in [3.63, 3.8) is 0 Å². The number of esters is 2. The highest BCUT2D eigenvalue weighted by atomic mass is 31.2. The van der Waals surface area contributed by atoms with Crippen molar-refractivity contribution in [1.82, 2.24) is 0 Å². The summed E-state index contributed by atoms with van der Waals surface area (Å²) in [5, 5.41) is 19.2. The molecule has 0 heterocycles. The van der Waals surface area contributed by atoms with E-state index in [2.05, 4.69) is 74.6 Å². The molecule has 0 aliphatic heterocycles. The van der Waals surface area contributed by atoms with E-state index < -0.39 is 58.4 Å². The molecule has 0 saturated heterocycles. The molecule has 0 fully saturated rings. The average Bonchev–Trinajstić information content (AvgIpc) is 3.21. The second kappa shape index (κ2) is 42.8. The van der Waals surface area contributed by atoms with Crippen molar-refractivity contribution in [2.24, 2.45) is 0 Å². The quantitative estimate of drug-likeness (QED) is 0.0235. The highest BCUT2D eigenvalue weighted by molar-refractivity contribution is 7.47. The summed E-state index contributed by atoms with van der Waals surface area (Å²) in [6.07, 6.45) is 47.6. The minimum absolute atomic E-state index is 0.151. The van der Waals surface area contributed by atoms with Crippen molar-refractivity contribution < 1.29 is 47.8 Å². The van der Waals surface area contributed by atoms with Crippen molar-refractivity contribution >= 4 is 19.8 Å². The molecule has 0 aliphatic rings. The zero-order valence-corrected chi connectivity index (χ0v) is 37.4. The summed E-state index contributed by atoms with van der Waals surface area (Å²) in [6.45, 7) is 2.07. The zero-order valence-electron chi connectivity index (χ0n) is 36.5. The van der Waals surface area contributed by atoms with Gasteiger partial charge in [-0.15, -0.1) is 0 Å². The Bertz CT molecular complexity index is 1150. The molecule has 10 nitrogen and oxygen atoms in total. The van der Waals surface area contributed by atoms with E-state index in [9.17, 15) is 29.3 Å². The number of hydrogen-bond donors (Lipinski definition) is 3. The molecule has 0 rings (SSSR count). The maximum Gasteiger partial charge on any atom is 0.472 e. The number of carbonyl (C=O) groups is 2. The number of aliphatic hydroxyl groups is 2. The second-order valence-electron chi connectivity index (χ2n) is 15.0. The van der Waals surface area contributed by atoms with Crippen LogP contribution < -0.4 is 0 Å².